The Bertz CT molecular complexity index is 812. The van der Waals surface area contributed by atoms with E-state index < -0.39 is 28.9 Å². The monoisotopic (exact) mass is 291 g/mol. The van der Waals surface area contributed by atoms with Gasteiger partial charge in [0, 0.05) is 6.20 Å². The van der Waals surface area contributed by atoms with E-state index in [2.05, 4.69) is 10.3 Å². The van der Waals surface area contributed by atoms with Crippen molar-refractivity contribution < 1.29 is 18.0 Å². The van der Waals surface area contributed by atoms with Gasteiger partial charge in [0.1, 0.15) is 5.65 Å². The first-order valence-electron chi connectivity index (χ1n) is 5.95. The molecule has 0 saturated carbocycles. The van der Waals surface area contributed by atoms with Crippen LogP contribution in [-0.2, 0) is 0 Å². The third-order valence-corrected chi connectivity index (χ3v) is 2.89. The zero-order valence-electron chi connectivity index (χ0n) is 10.5. The Morgan fingerprint density at radius 2 is 1.90 bits per heavy atom. The maximum Gasteiger partial charge on any atom is 0.259 e. The lowest BCUT2D eigenvalue weighted by Crippen LogP contribution is -2.15. The van der Waals surface area contributed by atoms with Crippen LogP contribution in [0.15, 0.2) is 42.7 Å². The second kappa shape index (κ2) is 4.93. The highest BCUT2D eigenvalue weighted by molar-refractivity contribution is 6.04. The molecule has 7 heteroatoms. The number of hydrogen-bond donors (Lipinski definition) is 1. The molecular formula is C14H8F3N3O. The molecule has 0 radical (unpaired) electrons. The Balaban J connectivity index is 1.91. The Kier molecular flexibility index (Phi) is 3.09. The number of benzene rings is 1. The molecule has 0 unspecified atom stereocenters. The number of aromatic nitrogens is 2. The summed E-state index contributed by atoms with van der Waals surface area (Å²) in [4.78, 5) is 16.0. The lowest BCUT2D eigenvalue weighted by molar-refractivity contribution is 0.102. The molecule has 106 valence electrons. The molecule has 0 bridgehead atoms. The van der Waals surface area contributed by atoms with Crippen LogP contribution in [0, 0.1) is 17.5 Å². The summed E-state index contributed by atoms with van der Waals surface area (Å²) in [6.45, 7) is 0. The average Bonchev–Trinajstić information content (AvgIpc) is 2.86. The molecule has 0 spiro atoms. The number of imidazole rings is 1. The molecule has 3 rings (SSSR count). The van der Waals surface area contributed by atoms with Crippen LogP contribution < -0.4 is 5.32 Å². The summed E-state index contributed by atoms with van der Waals surface area (Å²) in [7, 11) is 0. The molecule has 0 aliphatic rings. The first kappa shape index (κ1) is 13.2. The van der Waals surface area contributed by atoms with Crippen LogP contribution in [0.1, 0.15) is 10.4 Å². The van der Waals surface area contributed by atoms with E-state index in [9.17, 15) is 18.0 Å². The van der Waals surface area contributed by atoms with Crippen LogP contribution in [0.2, 0.25) is 0 Å². The first-order chi connectivity index (χ1) is 10.1. The van der Waals surface area contributed by atoms with E-state index in [1.165, 1.54) is 6.20 Å². The quantitative estimate of drug-likeness (QED) is 0.738. The second-order valence-electron chi connectivity index (χ2n) is 4.27. The number of anilines is 1. The molecule has 0 saturated heterocycles. The van der Waals surface area contributed by atoms with Crippen molar-refractivity contribution in [3.05, 3.63) is 65.7 Å². The minimum absolute atomic E-state index is 0.176. The lowest BCUT2D eigenvalue weighted by Gasteiger charge is -2.04. The fourth-order valence-electron chi connectivity index (χ4n) is 1.88. The van der Waals surface area contributed by atoms with Crippen LogP contribution >= 0.6 is 0 Å². The van der Waals surface area contributed by atoms with Crippen molar-refractivity contribution in [1.29, 1.82) is 0 Å². The minimum atomic E-state index is -1.68. The van der Waals surface area contributed by atoms with Gasteiger partial charge in [-0.2, -0.15) is 0 Å². The average molecular weight is 291 g/mol. The van der Waals surface area contributed by atoms with Gasteiger partial charge in [-0.1, -0.05) is 6.07 Å². The van der Waals surface area contributed by atoms with Crippen LogP contribution in [0.3, 0.4) is 0 Å². The zero-order chi connectivity index (χ0) is 15.0. The number of nitrogens with one attached hydrogen (secondary N) is 1. The SMILES string of the molecule is O=C(Nc1cn2ccccc2n1)c1ccc(F)c(F)c1F. The van der Waals surface area contributed by atoms with E-state index >= 15 is 0 Å². The number of hydrogen-bond acceptors (Lipinski definition) is 2. The number of pyridine rings is 1. The Hall–Kier alpha value is -2.83. The minimum Gasteiger partial charge on any atom is -0.305 e. The number of fused-ring (bicyclic) bond motifs is 1. The van der Waals surface area contributed by atoms with Gasteiger partial charge in [0.05, 0.1) is 11.8 Å². The summed E-state index contributed by atoms with van der Waals surface area (Å²) >= 11 is 0. The highest BCUT2D eigenvalue weighted by Gasteiger charge is 2.19. The molecular weight excluding hydrogens is 283 g/mol. The largest absolute Gasteiger partial charge is 0.305 e. The molecule has 3 aromatic rings. The van der Waals surface area contributed by atoms with Gasteiger partial charge in [0.2, 0.25) is 0 Å². The van der Waals surface area contributed by atoms with Gasteiger partial charge in [0.15, 0.2) is 23.3 Å². The van der Waals surface area contributed by atoms with E-state index in [1.807, 2.05) is 0 Å². The third-order valence-electron chi connectivity index (χ3n) is 2.89. The molecule has 1 N–H and O–H groups in total. The topological polar surface area (TPSA) is 46.4 Å². The molecule has 0 atom stereocenters. The normalized spacial score (nSPS) is 10.8. The molecule has 4 nitrogen and oxygen atoms in total. The molecule has 1 aromatic carbocycles. The van der Waals surface area contributed by atoms with E-state index in [1.54, 1.807) is 28.8 Å². The Morgan fingerprint density at radius 1 is 1.10 bits per heavy atom. The van der Waals surface area contributed by atoms with Gasteiger partial charge < -0.3 is 9.72 Å². The van der Waals surface area contributed by atoms with E-state index in [-0.39, 0.29) is 5.82 Å². The van der Waals surface area contributed by atoms with Crippen LogP contribution in [0.5, 0.6) is 0 Å². The number of carbonyl (C=O) groups is 1. The smallest absolute Gasteiger partial charge is 0.259 e. The zero-order valence-corrected chi connectivity index (χ0v) is 10.5. The molecule has 1 amide bonds. The summed E-state index contributed by atoms with van der Waals surface area (Å²) in [6, 6.07) is 6.82. The van der Waals surface area contributed by atoms with Crippen molar-refractivity contribution in [2.24, 2.45) is 0 Å². The summed E-state index contributed by atoms with van der Waals surface area (Å²) < 4.78 is 41.1. The molecule has 2 heterocycles. The second-order valence-corrected chi connectivity index (χ2v) is 4.27. The van der Waals surface area contributed by atoms with E-state index in [0.29, 0.717) is 11.7 Å². The van der Waals surface area contributed by atoms with Gasteiger partial charge in [-0.25, -0.2) is 18.2 Å². The Morgan fingerprint density at radius 3 is 2.67 bits per heavy atom. The van der Waals surface area contributed by atoms with Crippen molar-refractivity contribution in [2.45, 2.75) is 0 Å². The highest BCUT2D eigenvalue weighted by atomic mass is 19.2. The van der Waals surface area contributed by atoms with Crippen molar-refractivity contribution in [3.63, 3.8) is 0 Å². The maximum atomic E-state index is 13.5. The van der Waals surface area contributed by atoms with Crippen molar-refractivity contribution >= 4 is 17.4 Å². The summed E-state index contributed by atoms with van der Waals surface area (Å²) in [6.07, 6.45) is 3.24. The van der Waals surface area contributed by atoms with Crippen LogP contribution in [0.25, 0.3) is 5.65 Å². The van der Waals surface area contributed by atoms with E-state index in [4.69, 9.17) is 0 Å². The predicted molar refractivity (Wildman–Crippen MR) is 69.5 cm³/mol. The maximum absolute atomic E-state index is 13.5. The van der Waals surface area contributed by atoms with Crippen molar-refractivity contribution in [1.82, 2.24) is 9.38 Å². The van der Waals surface area contributed by atoms with Crippen molar-refractivity contribution in [2.75, 3.05) is 5.32 Å². The predicted octanol–water partition coefficient (Wildman–Crippen LogP) is 3.00. The molecule has 0 aliphatic heterocycles. The van der Waals surface area contributed by atoms with Crippen LogP contribution in [-0.4, -0.2) is 15.3 Å². The Labute approximate surface area is 116 Å². The van der Waals surface area contributed by atoms with Gasteiger partial charge in [0.25, 0.3) is 5.91 Å². The van der Waals surface area contributed by atoms with E-state index in [0.717, 1.165) is 6.07 Å². The van der Waals surface area contributed by atoms with Crippen LogP contribution in [0.4, 0.5) is 19.0 Å². The van der Waals surface area contributed by atoms with Gasteiger partial charge in [-0.15, -0.1) is 0 Å². The van der Waals surface area contributed by atoms with Gasteiger partial charge >= 0.3 is 0 Å². The number of nitrogens with zero attached hydrogens (tertiary/aromatic N) is 2. The molecule has 21 heavy (non-hydrogen) atoms. The number of rotatable bonds is 2. The fourth-order valence-corrected chi connectivity index (χ4v) is 1.88. The number of amides is 1. The highest BCUT2D eigenvalue weighted by Crippen LogP contribution is 2.17. The molecule has 2 aromatic heterocycles. The summed E-state index contributed by atoms with van der Waals surface area (Å²) in [5, 5.41) is 2.34. The molecule has 0 aliphatic carbocycles. The number of carbonyl (C=O) groups excluding carboxylic acids is 1. The fraction of sp³-hybridized carbons (Fsp3) is 0. The summed E-state index contributed by atoms with van der Waals surface area (Å²) in [5.74, 6) is -5.30. The standard InChI is InChI=1S/C14H8F3N3O/c15-9-5-4-8(12(16)13(9)17)14(21)19-10-7-20-6-2-1-3-11(20)18-10/h1-7H,(H,19,21). The van der Waals surface area contributed by atoms with Gasteiger partial charge in [-0.3, -0.25) is 4.79 Å². The lowest BCUT2D eigenvalue weighted by atomic mass is 10.2. The van der Waals surface area contributed by atoms with Crippen molar-refractivity contribution in [3.8, 4) is 0 Å². The molecule has 0 fully saturated rings. The third kappa shape index (κ3) is 2.33. The first-order valence-corrected chi connectivity index (χ1v) is 5.95. The number of halogens is 3. The summed E-state index contributed by atoms with van der Waals surface area (Å²) in [5.41, 5.74) is -0.00971. The van der Waals surface area contributed by atoms with Gasteiger partial charge in [-0.05, 0) is 24.3 Å².